The summed E-state index contributed by atoms with van der Waals surface area (Å²) < 4.78 is 11.1. The first-order valence-electron chi connectivity index (χ1n) is 10.1. The molecular formula is C25H24N2O5. The average molecular weight is 432 g/mol. The van der Waals surface area contributed by atoms with Gasteiger partial charge in [-0.2, -0.15) is 0 Å². The molecule has 32 heavy (non-hydrogen) atoms. The number of ether oxygens (including phenoxy) is 2. The summed E-state index contributed by atoms with van der Waals surface area (Å²) in [6, 6.07) is 22.8. The molecule has 164 valence electrons. The Bertz CT molecular complexity index is 1080. The van der Waals surface area contributed by atoms with Crippen molar-refractivity contribution in [2.75, 3.05) is 10.6 Å². The summed E-state index contributed by atoms with van der Waals surface area (Å²) >= 11 is 0. The van der Waals surface area contributed by atoms with Gasteiger partial charge >= 0.3 is 5.97 Å². The van der Waals surface area contributed by atoms with E-state index in [2.05, 4.69) is 10.6 Å². The van der Waals surface area contributed by atoms with Crippen LogP contribution in [0.2, 0.25) is 0 Å². The van der Waals surface area contributed by atoms with Crippen LogP contribution in [-0.2, 0) is 20.9 Å². The van der Waals surface area contributed by atoms with E-state index in [0.29, 0.717) is 28.3 Å². The van der Waals surface area contributed by atoms with Crippen LogP contribution in [0.5, 0.6) is 5.75 Å². The topological polar surface area (TPSA) is 93.7 Å². The third-order valence-electron chi connectivity index (χ3n) is 4.50. The summed E-state index contributed by atoms with van der Waals surface area (Å²) in [6.07, 6.45) is -1.01. The van der Waals surface area contributed by atoms with Crippen molar-refractivity contribution in [2.24, 2.45) is 0 Å². The number of para-hydroxylation sites is 1. The van der Waals surface area contributed by atoms with E-state index in [1.807, 2.05) is 30.3 Å². The molecular weight excluding hydrogens is 408 g/mol. The van der Waals surface area contributed by atoms with Gasteiger partial charge in [-0.3, -0.25) is 9.59 Å². The first kappa shape index (κ1) is 22.6. The van der Waals surface area contributed by atoms with Crippen LogP contribution in [0.15, 0.2) is 78.9 Å². The van der Waals surface area contributed by atoms with Crippen LogP contribution in [0.3, 0.4) is 0 Å². The van der Waals surface area contributed by atoms with Gasteiger partial charge in [0.1, 0.15) is 12.4 Å². The van der Waals surface area contributed by atoms with Crippen molar-refractivity contribution in [1.29, 1.82) is 0 Å². The van der Waals surface area contributed by atoms with E-state index in [4.69, 9.17) is 9.47 Å². The SMILES string of the molecule is CC(=O)Nc1ccc(NC(=O)C(C)OC(=O)c2ccccc2COc2ccccc2)cc1. The van der Waals surface area contributed by atoms with Crippen molar-refractivity contribution in [3.8, 4) is 5.75 Å². The van der Waals surface area contributed by atoms with Gasteiger partial charge in [-0.1, -0.05) is 36.4 Å². The molecule has 0 spiro atoms. The predicted octanol–water partition coefficient (Wildman–Crippen LogP) is 4.41. The Labute approximate surface area is 186 Å². The zero-order valence-electron chi connectivity index (χ0n) is 17.8. The Morgan fingerprint density at radius 2 is 1.41 bits per heavy atom. The van der Waals surface area contributed by atoms with E-state index in [1.165, 1.54) is 13.8 Å². The van der Waals surface area contributed by atoms with Crippen molar-refractivity contribution >= 4 is 29.2 Å². The summed E-state index contributed by atoms with van der Waals surface area (Å²) in [5.41, 5.74) is 2.12. The second-order valence-corrected chi connectivity index (χ2v) is 7.05. The van der Waals surface area contributed by atoms with Crippen molar-refractivity contribution in [3.63, 3.8) is 0 Å². The number of rotatable bonds is 8. The lowest BCUT2D eigenvalue weighted by molar-refractivity contribution is -0.123. The minimum Gasteiger partial charge on any atom is -0.489 e. The number of esters is 1. The highest BCUT2D eigenvalue weighted by Gasteiger charge is 2.21. The van der Waals surface area contributed by atoms with E-state index < -0.39 is 18.0 Å². The first-order valence-corrected chi connectivity index (χ1v) is 10.1. The number of nitrogens with one attached hydrogen (secondary N) is 2. The molecule has 1 unspecified atom stereocenters. The molecule has 0 aliphatic heterocycles. The first-order chi connectivity index (χ1) is 15.4. The number of carbonyl (C=O) groups is 3. The summed E-state index contributed by atoms with van der Waals surface area (Å²) in [5.74, 6) is -0.575. The Hall–Kier alpha value is -4.13. The van der Waals surface area contributed by atoms with Crippen LogP contribution in [0.1, 0.15) is 29.8 Å². The fourth-order valence-electron chi connectivity index (χ4n) is 2.88. The van der Waals surface area contributed by atoms with Gasteiger partial charge in [-0.25, -0.2) is 4.79 Å². The molecule has 0 saturated heterocycles. The third-order valence-corrected chi connectivity index (χ3v) is 4.50. The van der Waals surface area contributed by atoms with Gasteiger partial charge in [-0.05, 0) is 49.4 Å². The van der Waals surface area contributed by atoms with Crippen LogP contribution in [0.25, 0.3) is 0 Å². The fraction of sp³-hybridized carbons (Fsp3) is 0.160. The molecule has 0 radical (unpaired) electrons. The number of anilines is 2. The number of benzene rings is 3. The van der Waals surface area contributed by atoms with Gasteiger partial charge in [0.2, 0.25) is 5.91 Å². The molecule has 0 aliphatic rings. The second kappa shape index (κ2) is 10.8. The van der Waals surface area contributed by atoms with E-state index >= 15 is 0 Å². The molecule has 0 saturated carbocycles. The van der Waals surface area contributed by atoms with Crippen LogP contribution in [-0.4, -0.2) is 23.9 Å². The predicted molar refractivity (Wildman–Crippen MR) is 121 cm³/mol. The number of amides is 2. The van der Waals surface area contributed by atoms with E-state index in [0.717, 1.165) is 0 Å². The number of carbonyl (C=O) groups excluding carboxylic acids is 3. The standard InChI is InChI=1S/C25H24N2O5/c1-17(24(29)27-21-14-12-20(13-15-21)26-18(2)28)32-25(30)23-11-7-6-8-19(23)16-31-22-9-4-3-5-10-22/h3-15,17H,16H2,1-2H3,(H,26,28)(H,27,29). The Morgan fingerprint density at radius 1 is 0.812 bits per heavy atom. The fourth-order valence-corrected chi connectivity index (χ4v) is 2.88. The molecule has 0 fully saturated rings. The highest BCUT2D eigenvalue weighted by atomic mass is 16.5. The summed E-state index contributed by atoms with van der Waals surface area (Å²) in [4.78, 5) is 36.2. The molecule has 3 aromatic carbocycles. The minimum atomic E-state index is -1.01. The van der Waals surface area contributed by atoms with Gasteiger partial charge < -0.3 is 20.1 Å². The quantitative estimate of drug-likeness (QED) is 0.515. The maximum Gasteiger partial charge on any atom is 0.339 e. The van der Waals surface area contributed by atoms with Gasteiger partial charge in [-0.15, -0.1) is 0 Å². The van der Waals surface area contributed by atoms with Crippen molar-refractivity contribution in [1.82, 2.24) is 0 Å². The number of hydrogen-bond donors (Lipinski definition) is 2. The molecule has 2 amide bonds. The molecule has 0 aromatic heterocycles. The van der Waals surface area contributed by atoms with Gasteiger partial charge in [0, 0.05) is 23.9 Å². The maximum atomic E-state index is 12.7. The Morgan fingerprint density at radius 3 is 2.06 bits per heavy atom. The average Bonchev–Trinajstić information content (AvgIpc) is 2.79. The van der Waals surface area contributed by atoms with Crippen LogP contribution >= 0.6 is 0 Å². The molecule has 3 aromatic rings. The monoisotopic (exact) mass is 432 g/mol. The van der Waals surface area contributed by atoms with Crippen molar-refractivity contribution < 1.29 is 23.9 Å². The maximum absolute atomic E-state index is 12.7. The van der Waals surface area contributed by atoms with E-state index in [-0.39, 0.29) is 12.5 Å². The third kappa shape index (κ3) is 6.43. The highest BCUT2D eigenvalue weighted by Crippen LogP contribution is 2.17. The normalized spacial score (nSPS) is 11.2. The van der Waals surface area contributed by atoms with Crippen molar-refractivity contribution in [2.45, 2.75) is 26.6 Å². The Kier molecular flexibility index (Phi) is 7.59. The molecule has 7 heteroatoms. The molecule has 0 heterocycles. The largest absolute Gasteiger partial charge is 0.489 e. The molecule has 2 N–H and O–H groups in total. The minimum absolute atomic E-state index is 0.184. The lowest BCUT2D eigenvalue weighted by Crippen LogP contribution is -2.30. The van der Waals surface area contributed by atoms with Gasteiger partial charge in [0.15, 0.2) is 6.10 Å². The lowest BCUT2D eigenvalue weighted by atomic mass is 10.1. The summed E-state index contributed by atoms with van der Waals surface area (Å²) in [6.45, 7) is 3.11. The van der Waals surface area contributed by atoms with Crippen LogP contribution in [0, 0.1) is 0 Å². The summed E-state index contributed by atoms with van der Waals surface area (Å²) in [7, 11) is 0. The molecule has 3 rings (SSSR count). The van der Waals surface area contributed by atoms with Crippen LogP contribution in [0.4, 0.5) is 11.4 Å². The molecule has 0 aliphatic carbocycles. The van der Waals surface area contributed by atoms with Crippen molar-refractivity contribution in [3.05, 3.63) is 90.0 Å². The van der Waals surface area contributed by atoms with Crippen LogP contribution < -0.4 is 15.4 Å². The zero-order valence-corrected chi connectivity index (χ0v) is 17.8. The molecule has 7 nitrogen and oxygen atoms in total. The smallest absolute Gasteiger partial charge is 0.339 e. The second-order valence-electron chi connectivity index (χ2n) is 7.05. The zero-order chi connectivity index (χ0) is 22.9. The van der Waals surface area contributed by atoms with Gasteiger partial charge in [0.05, 0.1) is 5.56 Å². The summed E-state index contributed by atoms with van der Waals surface area (Å²) in [5, 5.41) is 5.33. The van der Waals surface area contributed by atoms with Gasteiger partial charge in [0.25, 0.3) is 5.91 Å². The van der Waals surface area contributed by atoms with E-state index in [1.54, 1.807) is 48.5 Å². The molecule has 0 bridgehead atoms. The number of hydrogen-bond acceptors (Lipinski definition) is 5. The Balaban J connectivity index is 1.59. The molecule has 1 atom stereocenters. The highest BCUT2D eigenvalue weighted by molar-refractivity contribution is 5.98. The lowest BCUT2D eigenvalue weighted by Gasteiger charge is -2.15. The van der Waals surface area contributed by atoms with E-state index in [9.17, 15) is 14.4 Å².